The minimum atomic E-state index is -0.759. The Morgan fingerprint density at radius 1 is 1.06 bits per heavy atom. The molecule has 0 saturated carbocycles. The highest BCUT2D eigenvalue weighted by molar-refractivity contribution is 6.06. The molecule has 2 aliphatic heterocycles. The predicted molar refractivity (Wildman–Crippen MR) is 116 cm³/mol. The molecule has 2 fully saturated rings. The van der Waals surface area contributed by atoms with E-state index in [2.05, 4.69) is 15.2 Å². The van der Waals surface area contributed by atoms with Gasteiger partial charge in [0.05, 0.1) is 6.54 Å². The van der Waals surface area contributed by atoms with Gasteiger partial charge in [-0.1, -0.05) is 18.2 Å². The number of aromatic nitrogens is 1. The van der Waals surface area contributed by atoms with Gasteiger partial charge in [-0.25, -0.2) is 4.79 Å². The van der Waals surface area contributed by atoms with E-state index in [1.54, 1.807) is 30.4 Å². The Labute approximate surface area is 181 Å². The van der Waals surface area contributed by atoms with E-state index in [0.717, 1.165) is 36.4 Å². The summed E-state index contributed by atoms with van der Waals surface area (Å²) in [6.07, 6.45) is 4.59. The maximum absolute atomic E-state index is 13.3. The average Bonchev–Trinajstić information content (AvgIpc) is 2.93. The Hall–Kier alpha value is -3.26. The number of pyridine rings is 1. The number of benzene rings is 1. The van der Waals surface area contributed by atoms with E-state index >= 15 is 0 Å². The molecule has 162 valence electrons. The third kappa shape index (κ3) is 4.16. The first kappa shape index (κ1) is 21.0. The quantitative estimate of drug-likeness (QED) is 0.750. The van der Waals surface area contributed by atoms with Crippen molar-refractivity contribution in [3.63, 3.8) is 0 Å². The molecule has 2 aromatic rings. The number of carbonyl (C=O) groups excluding carboxylic acids is 3. The third-order valence-electron chi connectivity index (χ3n) is 6.23. The number of urea groups is 1. The van der Waals surface area contributed by atoms with Crippen LogP contribution in [0, 0.1) is 0 Å². The van der Waals surface area contributed by atoms with Crippen LogP contribution in [-0.4, -0.2) is 63.2 Å². The lowest BCUT2D eigenvalue weighted by Crippen LogP contribution is -2.55. The van der Waals surface area contributed by atoms with Crippen LogP contribution >= 0.6 is 0 Å². The summed E-state index contributed by atoms with van der Waals surface area (Å²) >= 11 is 0. The molecule has 1 aromatic carbocycles. The highest BCUT2D eigenvalue weighted by Gasteiger charge is 2.56. The topological polar surface area (TPSA) is 85.9 Å². The molecule has 2 aliphatic rings. The van der Waals surface area contributed by atoms with Gasteiger partial charge in [0.15, 0.2) is 0 Å². The zero-order valence-corrected chi connectivity index (χ0v) is 17.9. The number of nitrogens with zero attached hydrogens (tertiary/aromatic N) is 4. The molecule has 1 aromatic heterocycles. The SMILES string of the molecule is CC(=O)Nc1ccc(CN2CCC3(CC2)C(=O)N(Cc2cccnc2)C(=O)N3C)cc1. The first-order valence-corrected chi connectivity index (χ1v) is 10.5. The molecule has 0 aliphatic carbocycles. The summed E-state index contributed by atoms with van der Waals surface area (Å²) in [5.41, 5.74) is 2.00. The van der Waals surface area contributed by atoms with Crippen LogP contribution in [0.4, 0.5) is 10.5 Å². The van der Waals surface area contributed by atoms with Gasteiger partial charge in [0.2, 0.25) is 5.91 Å². The minimum Gasteiger partial charge on any atom is -0.326 e. The Balaban J connectivity index is 1.39. The van der Waals surface area contributed by atoms with E-state index < -0.39 is 5.54 Å². The molecule has 0 bridgehead atoms. The van der Waals surface area contributed by atoms with Crippen molar-refractivity contribution in [1.82, 2.24) is 19.7 Å². The van der Waals surface area contributed by atoms with Crippen molar-refractivity contribution >= 4 is 23.5 Å². The van der Waals surface area contributed by atoms with E-state index in [4.69, 9.17) is 0 Å². The van der Waals surface area contributed by atoms with E-state index in [1.807, 2.05) is 30.3 Å². The number of likely N-dealkylation sites (tertiary alicyclic amines) is 1. The van der Waals surface area contributed by atoms with Gasteiger partial charge in [0, 0.05) is 51.7 Å². The predicted octanol–water partition coefficient (Wildman–Crippen LogP) is 2.47. The molecule has 2 saturated heterocycles. The van der Waals surface area contributed by atoms with Crippen molar-refractivity contribution in [2.75, 3.05) is 25.5 Å². The maximum Gasteiger partial charge on any atom is 0.327 e. The fraction of sp³-hybridized carbons (Fsp3) is 0.391. The Morgan fingerprint density at radius 3 is 2.39 bits per heavy atom. The Morgan fingerprint density at radius 2 is 1.77 bits per heavy atom. The van der Waals surface area contributed by atoms with Crippen LogP contribution in [0.1, 0.15) is 30.9 Å². The van der Waals surface area contributed by atoms with Crippen molar-refractivity contribution in [3.8, 4) is 0 Å². The third-order valence-corrected chi connectivity index (χ3v) is 6.23. The number of hydrogen-bond acceptors (Lipinski definition) is 5. The summed E-state index contributed by atoms with van der Waals surface area (Å²) in [5.74, 6) is -0.199. The zero-order valence-electron chi connectivity index (χ0n) is 17.9. The number of hydrogen-bond donors (Lipinski definition) is 1. The van der Waals surface area contributed by atoms with Gasteiger partial charge in [-0.3, -0.25) is 24.4 Å². The highest BCUT2D eigenvalue weighted by atomic mass is 16.2. The molecule has 0 radical (unpaired) electrons. The van der Waals surface area contributed by atoms with E-state index in [0.29, 0.717) is 12.8 Å². The van der Waals surface area contributed by atoms with Gasteiger partial charge < -0.3 is 10.2 Å². The molecule has 4 rings (SSSR count). The number of carbonyl (C=O) groups is 3. The molecule has 0 unspecified atom stereocenters. The standard InChI is InChI=1S/C23H27N5O3/c1-17(29)25-20-7-5-18(6-8-20)15-27-12-9-23(10-13-27)21(30)28(22(31)26(23)2)16-19-4-3-11-24-14-19/h3-8,11,14H,9-10,12-13,15-16H2,1-2H3,(H,25,29). The molecule has 31 heavy (non-hydrogen) atoms. The van der Waals surface area contributed by atoms with Crippen LogP contribution in [0.15, 0.2) is 48.8 Å². The maximum atomic E-state index is 13.3. The monoisotopic (exact) mass is 421 g/mol. The molecule has 1 spiro atoms. The molecular formula is C23H27N5O3. The van der Waals surface area contributed by atoms with E-state index in [1.165, 1.54) is 11.8 Å². The summed E-state index contributed by atoms with van der Waals surface area (Å²) < 4.78 is 0. The lowest BCUT2D eigenvalue weighted by atomic mass is 9.86. The second-order valence-electron chi connectivity index (χ2n) is 8.28. The van der Waals surface area contributed by atoms with Crippen LogP contribution in [0.25, 0.3) is 0 Å². The summed E-state index contributed by atoms with van der Waals surface area (Å²) in [5, 5.41) is 2.77. The van der Waals surface area contributed by atoms with Gasteiger partial charge in [-0.2, -0.15) is 0 Å². The largest absolute Gasteiger partial charge is 0.327 e. The first-order valence-electron chi connectivity index (χ1n) is 10.5. The van der Waals surface area contributed by atoms with Gasteiger partial charge in [-0.05, 0) is 42.2 Å². The summed E-state index contributed by atoms with van der Waals surface area (Å²) in [6, 6.07) is 11.2. The second-order valence-corrected chi connectivity index (χ2v) is 8.28. The van der Waals surface area contributed by atoms with E-state index in [-0.39, 0.29) is 24.4 Å². The fourth-order valence-corrected chi connectivity index (χ4v) is 4.44. The van der Waals surface area contributed by atoms with Gasteiger partial charge in [0.1, 0.15) is 5.54 Å². The van der Waals surface area contributed by atoms with Crippen LogP contribution in [0.3, 0.4) is 0 Å². The normalized spacial score (nSPS) is 18.6. The van der Waals surface area contributed by atoms with Crippen LogP contribution in [0.2, 0.25) is 0 Å². The fourth-order valence-electron chi connectivity index (χ4n) is 4.44. The van der Waals surface area contributed by atoms with Gasteiger partial charge in [-0.15, -0.1) is 0 Å². The number of anilines is 1. The summed E-state index contributed by atoms with van der Waals surface area (Å²) in [7, 11) is 1.74. The highest BCUT2D eigenvalue weighted by Crippen LogP contribution is 2.37. The number of amides is 4. The van der Waals surface area contributed by atoms with Crippen LogP contribution < -0.4 is 5.32 Å². The molecule has 0 atom stereocenters. The number of imide groups is 1. The van der Waals surface area contributed by atoms with Crippen molar-refractivity contribution in [1.29, 1.82) is 0 Å². The second kappa shape index (κ2) is 8.47. The molecule has 8 nitrogen and oxygen atoms in total. The Bertz CT molecular complexity index is 968. The Kier molecular flexibility index (Phi) is 5.73. The van der Waals surface area contributed by atoms with E-state index in [9.17, 15) is 14.4 Å². The van der Waals surface area contributed by atoms with Gasteiger partial charge in [0.25, 0.3) is 5.91 Å². The van der Waals surface area contributed by atoms with Gasteiger partial charge >= 0.3 is 6.03 Å². The van der Waals surface area contributed by atoms with Crippen LogP contribution in [-0.2, 0) is 22.7 Å². The molecular weight excluding hydrogens is 394 g/mol. The number of nitrogens with one attached hydrogen (secondary N) is 1. The zero-order chi connectivity index (χ0) is 22.0. The van der Waals surface area contributed by atoms with Crippen molar-refractivity contribution < 1.29 is 14.4 Å². The molecule has 1 N–H and O–H groups in total. The lowest BCUT2D eigenvalue weighted by molar-refractivity contribution is -0.135. The average molecular weight is 422 g/mol. The molecule has 4 amide bonds. The van der Waals surface area contributed by atoms with Crippen molar-refractivity contribution in [2.24, 2.45) is 0 Å². The molecule has 3 heterocycles. The minimum absolute atomic E-state index is 0.0912. The number of piperidine rings is 1. The number of likely N-dealkylation sites (N-methyl/N-ethyl adjacent to an activating group) is 1. The molecule has 8 heteroatoms. The summed E-state index contributed by atoms with van der Waals surface area (Å²) in [4.78, 5) is 46.7. The smallest absolute Gasteiger partial charge is 0.326 e. The van der Waals surface area contributed by atoms with Crippen LogP contribution in [0.5, 0.6) is 0 Å². The first-order chi connectivity index (χ1) is 14.9. The number of rotatable bonds is 5. The van der Waals surface area contributed by atoms with Crippen molar-refractivity contribution in [2.45, 2.75) is 38.4 Å². The summed E-state index contributed by atoms with van der Waals surface area (Å²) in [6.45, 7) is 3.97. The lowest BCUT2D eigenvalue weighted by Gasteiger charge is -2.40. The van der Waals surface area contributed by atoms with Crippen molar-refractivity contribution in [3.05, 3.63) is 59.9 Å².